The standard InChI is InChI=1S/C18H29NO3/c20-17(10-5-7-16-8-6-12-19-15-16)9-1-3-13-21-18-11-2-4-14-22-18/h6,8,12,15,17-18,20H,1-5,7,9-11,13-14H2/t17-,18+/m1/s1. The lowest BCUT2D eigenvalue weighted by molar-refractivity contribution is -0.162. The summed E-state index contributed by atoms with van der Waals surface area (Å²) < 4.78 is 11.2. The molecule has 0 unspecified atom stereocenters. The highest BCUT2D eigenvalue weighted by Gasteiger charge is 2.13. The first kappa shape index (κ1) is 17.4. The third-order valence-corrected chi connectivity index (χ3v) is 4.10. The molecule has 1 aromatic heterocycles. The molecule has 2 atom stereocenters. The van der Waals surface area contributed by atoms with Crippen LogP contribution in [0.15, 0.2) is 24.5 Å². The minimum atomic E-state index is -0.192. The van der Waals surface area contributed by atoms with Crippen molar-refractivity contribution in [2.75, 3.05) is 13.2 Å². The first-order valence-corrected chi connectivity index (χ1v) is 8.65. The van der Waals surface area contributed by atoms with Crippen LogP contribution in [0.1, 0.15) is 56.9 Å². The number of aromatic nitrogens is 1. The van der Waals surface area contributed by atoms with E-state index < -0.39 is 0 Å². The van der Waals surface area contributed by atoms with Gasteiger partial charge < -0.3 is 14.6 Å². The lowest BCUT2D eigenvalue weighted by atomic mass is 10.0. The summed E-state index contributed by atoms with van der Waals surface area (Å²) in [5.41, 5.74) is 1.25. The van der Waals surface area contributed by atoms with Crippen LogP contribution in [0.4, 0.5) is 0 Å². The molecule has 22 heavy (non-hydrogen) atoms. The molecule has 1 fully saturated rings. The molecule has 1 N–H and O–H groups in total. The number of hydrogen-bond acceptors (Lipinski definition) is 4. The van der Waals surface area contributed by atoms with Crippen LogP contribution in [0, 0.1) is 0 Å². The smallest absolute Gasteiger partial charge is 0.157 e. The lowest BCUT2D eigenvalue weighted by Crippen LogP contribution is -2.22. The summed E-state index contributed by atoms with van der Waals surface area (Å²) in [6, 6.07) is 4.05. The normalized spacial score (nSPS) is 20.0. The van der Waals surface area contributed by atoms with Crippen LogP contribution in [0.3, 0.4) is 0 Å². The van der Waals surface area contributed by atoms with E-state index in [2.05, 4.69) is 11.1 Å². The second kappa shape index (κ2) is 10.7. The van der Waals surface area contributed by atoms with Crippen molar-refractivity contribution in [1.82, 2.24) is 4.98 Å². The molecule has 0 aromatic carbocycles. The fraction of sp³-hybridized carbons (Fsp3) is 0.722. The topological polar surface area (TPSA) is 51.6 Å². The molecular formula is C18H29NO3. The van der Waals surface area contributed by atoms with Crippen molar-refractivity contribution < 1.29 is 14.6 Å². The van der Waals surface area contributed by atoms with Crippen LogP contribution in [-0.2, 0) is 15.9 Å². The summed E-state index contributed by atoms with van der Waals surface area (Å²) in [5.74, 6) is 0. The summed E-state index contributed by atoms with van der Waals surface area (Å²) in [6.07, 6.45) is 12.6. The number of ether oxygens (including phenoxy) is 2. The highest BCUT2D eigenvalue weighted by atomic mass is 16.7. The van der Waals surface area contributed by atoms with Gasteiger partial charge in [0.25, 0.3) is 0 Å². The Bertz CT molecular complexity index is 379. The van der Waals surface area contributed by atoms with E-state index >= 15 is 0 Å². The Morgan fingerprint density at radius 1 is 1.27 bits per heavy atom. The molecule has 2 rings (SSSR count). The van der Waals surface area contributed by atoms with Crippen molar-refractivity contribution in [3.8, 4) is 0 Å². The predicted molar refractivity (Wildman–Crippen MR) is 86.6 cm³/mol. The van der Waals surface area contributed by atoms with Crippen molar-refractivity contribution in [3.63, 3.8) is 0 Å². The van der Waals surface area contributed by atoms with E-state index in [0.29, 0.717) is 0 Å². The maximum Gasteiger partial charge on any atom is 0.157 e. The maximum absolute atomic E-state index is 9.99. The highest BCUT2D eigenvalue weighted by molar-refractivity contribution is 5.08. The quantitative estimate of drug-likeness (QED) is 0.672. The van der Waals surface area contributed by atoms with E-state index in [0.717, 1.165) is 64.6 Å². The molecule has 1 aromatic rings. The van der Waals surface area contributed by atoms with Crippen LogP contribution in [-0.4, -0.2) is 35.7 Å². The average Bonchev–Trinajstić information content (AvgIpc) is 2.56. The van der Waals surface area contributed by atoms with Gasteiger partial charge in [-0.05, 0) is 69.4 Å². The molecule has 4 nitrogen and oxygen atoms in total. The number of aliphatic hydroxyl groups excluding tert-OH is 1. The van der Waals surface area contributed by atoms with Crippen LogP contribution in [0.2, 0.25) is 0 Å². The zero-order valence-electron chi connectivity index (χ0n) is 13.5. The summed E-state index contributed by atoms with van der Waals surface area (Å²) in [6.45, 7) is 1.58. The molecule has 0 amide bonds. The summed E-state index contributed by atoms with van der Waals surface area (Å²) in [5, 5.41) is 9.99. The first-order chi connectivity index (χ1) is 10.8. The number of aliphatic hydroxyl groups is 1. The summed E-state index contributed by atoms with van der Waals surface area (Å²) >= 11 is 0. The molecule has 0 saturated carbocycles. The Morgan fingerprint density at radius 2 is 2.18 bits per heavy atom. The molecule has 124 valence electrons. The molecule has 0 spiro atoms. The molecule has 1 aliphatic rings. The Balaban J connectivity index is 1.43. The van der Waals surface area contributed by atoms with E-state index in [-0.39, 0.29) is 12.4 Å². The zero-order chi connectivity index (χ0) is 15.5. The van der Waals surface area contributed by atoms with Gasteiger partial charge in [0.1, 0.15) is 0 Å². The molecule has 0 radical (unpaired) electrons. The van der Waals surface area contributed by atoms with Gasteiger partial charge in [-0.15, -0.1) is 0 Å². The number of nitrogens with zero attached hydrogens (tertiary/aromatic N) is 1. The minimum absolute atomic E-state index is 0.0122. The fourth-order valence-corrected chi connectivity index (χ4v) is 2.77. The Morgan fingerprint density at radius 3 is 2.95 bits per heavy atom. The molecule has 1 saturated heterocycles. The van der Waals surface area contributed by atoms with Crippen LogP contribution >= 0.6 is 0 Å². The maximum atomic E-state index is 9.99. The largest absolute Gasteiger partial charge is 0.393 e. The number of hydrogen-bond donors (Lipinski definition) is 1. The Hall–Kier alpha value is -0.970. The Kier molecular flexibility index (Phi) is 8.46. The molecule has 0 aliphatic carbocycles. The third-order valence-electron chi connectivity index (χ3n) is 4.10. The molecule has 4 heteroatoms. The van der Waals surface area contributed by atoms with E-state index in [1.54, 1.807) is 6.20 Å². The van der Waals surface area contributed by atoms with E-state index in [9.17, 15) is 5.11 Å². The van der Waals surface area contributed by atoms with Gasteiger partial charge in [0, 0.05) is 25.6 Å². The average molecular weight is 307 g/mol. The second-order valence-electron chi connectivity index (χ2n) is 6.07. The highest BCUT2D eigenvalue weighted by Crippen LogP contribution is 2.15. The molecule has 1 aliphatic heterocycles. The van der Waals surface area contributed by atoms with E-state index in [1.807, 2.05) is 12.3 Å². The predicted octanol–water partition coefficient (Wildman–Crippen LogP) is 3.48. The van der Waals surface area contributed by atoms with Gasteiger partial charge in [-0.2, -0.15) is 0 Å². The van der Waals surface area contributed by atoms with Crippen molar-refractivity contribution in [1.29, 1.82) is 0 Å². The van der Waals surface area contributed by atoms with Crippen LogP contribution in [0.25, 0.3) is 0 Å². The SMILES string of the molecule is O[C@H](CCCCO[C@@H]1CCCCO1)CCCc1cccnc1. The van der Waals surface area contributed by atoms with Gasteiger partial charge in [0.2, 0.25) is 0 Å². The molecular weight excluding hydrogens is 278 g/mol. The summed E-state index contributed by atoms with van der Waals surface area (Å²) in [4.78, 5) is 4.10. The fourth-order valence-electron chi connectivity index (χ4n) is 2.77. The number of aryl methyl sites for hydroxylation is 1. The van der Waals surface area contributed by atoms with Gasteiger partial charge in [0.15, 0.2) is 6.29 Å². The van der Waals surface area contributed by atoms with Crippen molar-refractivity contribution in [2.24, 2.45) is 0 Å². The van der Waals surface area contributed by atoms with E-state index in [4.69, 9.17) is 9.47 Å². The minimum Gasteiger partial charge on any atom is -0.393 e. The number of unbranched alkanes of at least 4 members (excludes halogenated alkanes) is 1. The van der Waals surface area contributed by atoms with Gasteiger partial charge in [-0.1, -0.05) is 6.07 Å². The molecule has 0 bridgehead atoms. The first-order valence-electron chi connectivity index (χ1n) is 8.65. The van der Waals surface area contributed by atoms with Gasteiger partial charge in [0.05, 0.1) is 6.10 Å². The number of pyridine rings is 1. The van der Waals surface area contributed by atoms with Crippen molar-refractivity contribution in [3.05, 3.63) is 30.1 Å². The van der Waals surface area contributed by atoms with Crippen molar-refractivity contribution >= 4 is 0 Å². The molecule has 2 heterocycles. The van der Waals surface area contributed by atoms with Gasteiger partial charge >= 0.3 is 0 Å². The third kappa shape index (κ3) is 7.34. The Labute approximate surface area is 133 Å². The lowest BCUT2D eigenvalue weighted by Gasteiger charge is -2.22. The zero-order valence-corrected chi connectivity index (χ0v) is 13.5. The monoisotopic (exact) mass is 307 g/mol. The number of rotatable bonds is 10. The summed E-state index contributed by atoms with van der Waals surface area (Å²) in [7, 11) is 0. The van der Waals surface area contributed by atoms with E-state index in [1.165, 1.54) is 12.0 Å². The van der Waals surface area contributed by atoms with Gasteiger partial charge in [-0.3, -0.25) is 4.98 Å². The second-order valence-corrected chi connectivity index (χ2v) is 6.07. The van der Waals surface area contributed by atoms with Crippen LogP contribution in [0.5, 0.6) is 0 Å². The van der Waals surface area contributed by atoms with Crippen LogP contribution < -0.4 is 0 Å². The van der Waals surface area contributed by atoms with Crippen molar-refractivity contribution in [2.45, 2.75) is 70.2 Å². The van der Waals surface area contributed by atoms with Gasteiger partial charge in [-0.25, -0.2) is 0 Å².